The second kappa shape index (κ2) is 32.3. The molecule has 2 unspecified atom stereocenters. The number of imide groups is 1. The first-order valence-corrected chi connectivity index (χ1v) is 16.6. The van der Waals surface area contributed by atoms with Gasteiger partial charge in [-0.3, -0.25) is 19.2 Å². The maximum Gasteiger partial charge on any atom is 0.534 e. The molecule has 0 bridgehead atoms. The third-order valence-electron chi connectivity index (χ3n) is 6.44. The molecule has 276 valence electrons. The van der Waals surface area contributed by atoms with E-state index < -0.39 is 24.4 Å². The zero-order chi connectivity index (χ0) is 36.5. The van der Waals surface area contributed by atoms with E-state index in [1.807, 2.05) is 0 Å². The van der Waals surface area contributed by atoms with Crippen molar-refractivity contribution in [2.24, 2.45) is 5.73 Å². The Morgan fingerprint density at radius 2 is 1.38 bits per heavy atom. The van der Waals surface area contributed by atoms with Crippen LogP contribution in [0.3, 0.4) is 0 Å². The number of alkyl carbamates (subject to hydrolysis) is 1. The zero-order valence-corrected chi connectivity index (χ0v) is 28.4. The van der Waals surface area contributed by atoms with Crippen molar-refractivity contribution < 1.29 is 59.3 Å². The number of thiol groups is 1. The predicted molar refractivity (Wildman–Crippen MR) is 178 cm³/mol. The Morgan fingerprint density at radius 3 is 1.88 bits per heavy atom. The molecule has 0 radical (unpaired) electrons. The summed E-state index contributed by atoms with van der Waals surface area (Å²) in [5.41, 5.74) is 5.06. The highest BCUT2D eigenvalue weighted by Crippen LogP contribution is 2.18. The number of carbonyl (C=O) groups is 5. The number of nitrogens with two attached hydrogens (primary N) is 1. The fourth-order valence-electron chi connectivity index (χ4n) is 4.21. The highest BCUT2D eigenvalue weighted by atomic mass is 32.1. The van der Waals surface area contributed by atoms with Crippen LogP contribution in [-0.2, 0) is 38.2 Å². The maximum atomic E-state index is 11.5. The summed E-state index contributed by atoms with van der Waals surface area (Å²) in [6.07, 6.45) is 15.4. The van der Waals surface area contributed by atoms with Crippen LogP contribution in [0.5, 0.6) is 0 Å². The molecule has 0 aromatic carbocycles. The van der Waals surface area contributed by atoms with Crippen molar-refractivity contribution in [1.29, 1.82) is 0 Å². The molecule has 3 rings (SSSR count). The van der Waals surface area contributed by atoms with Gasteiger partial charge in [-0.2, -0.15) is 0 Å². The molecule has 0 aromatic heterocycles. The third-order valence-corrected chi connectivity index (χ3v) is 6.53. The lowest BCUT2D eigenvalue weighted by atomic mass is 10.0. The van der Waals surface area contributed by atoms with Gasteiger partial charge in [0.15, 0.2) is 0 Å². The van der Waals surface area contributed by atoms with Crippen LogP contribution in [0.25, 0.3) is 0 Å². The zero-order valence-electron chi connectivity index (χ0n) is 28.6. The van der Waals surface area contributed by atoms with Crippen molar-refractivity contribution in [3.8, 4) is 0 Å². The summed E-state index contributed by atoms with van der Waals surface area (Å²) in [6, 6.07) is 0. The van der Waals surface area contributed by atoms with Gasteiger partial charge in [0.1, 0.15) is 13.6 Å². The first kappa shape index (κ1) is 42.8. The Balaban J connectivity index is 0.000000711. The molecule has 1 heterocycles. The molecule has 2 aliphatic carbocycles. The minimum Gasteiger partial charge on any atom is -0.446 e. The van der Waals surface area contributed by atoms with Crippen LogP contribution in [0.1, 0.15) is 78.4 Å². The number of carbonyl (C=O) groups excluding carboxylic acids is 5. The Bertz CT molecular complexity index is 972. The first-order valence-electron chi connectivity index (χ1n) is 16.6. The van der Waals surface area contributed by atoms with Gasteiger partial charge in [0.2, 0.25) is 6.39 Å². The summed E-state index contributed by atoms with van der Waals surface area (Å²) in [4.78, 5) is 59.5. The molecule has 0 saturated carbocycles. The topological polar surface area (TPSA) is 225 Å². The van der Waals surface area contributed by atoms with E-state index in [9.17, 15) is 24.0 Å². The van der Waals surface area contributed by atoms with Crippen LogP contribution >= 0.6 is 12.8 Å². The smallest absolute Gasteiger partial charge is 0.446 e. The quantitative estimate of drug-likeness (QED) is 0.0428. The standard InChI is InChI=1S/C13H17NO5.C13H23NO4.C4H11NO2.CH3NOS/c15-11-8-9-12(16)14(11)19-13(17)18-10-6-4-2-1-3-5-7-10;15-9-11-17-10-8-14-13(16)18-12-6-4-2-1-3-5-7-12;5-1-3-7-4-2-6;3-1-2-4/h1-2,10H,3-9H2;1-2,12,15H,3-11H2,(H,14,16);6H,1-5H2;1,4H,(H,2,3)/b2*2-1+;;/i;;;1T. The molecule has 1 saturated heterocycles. The van der Waals surface area contributed by atoms with Crippen molar-refractivity contribution in [3.63, 3.8) is 0 Å². The molecular weight excluding hydrogens is 652 g/mol. The van der Waals surface area contributed by atoms with Crippen molar-refractivity contribution in [3.05, 3.63) is 24.3 Å². The monoisotopic (exact) mass is 708 g/mol. The number of ether oxygens (including phenoxy) is 4. The van der Waals surface area contributed by atoms with Crippen LogP contribution in [0.15, 0.2) is 24.3 Å². The molecule has 1 fully saturated rings. The van der Waals surface area contributed by atoms with E-state index in [1.54, 1.807) is 4.72 Å². The third kappa shape index (κ3) is 25.8. The van der Waals surface area contributed by atoms with Crippen LogP contribution in [0.4, 0.5) is 9.59 Å². The SMILES string of the molecule is NCCOCCO.O=C(NCCOCCO)OC1CC/C=C/CCC1.O=C(OC1CC/C=C/CCC1)ON1C(=O)CCC1=O.[3H]C(=O)NS. The van der Waals surface area contributed by atoms with Crippen molar-refractivity contribution in [1.82, 2.24) is 15.1 Å². The molecule has 6 N–H and O–H groups in total. The minimum atomic E-state index is -0.974. The molecule has 16 nitrogen and oxygen atoms in total. The van der Waals surface area contributed by atoms with Gasteiger partial charge in [-0.1, -0.05) is 42.2 Å². The Labute approximate surface area is 289 Å². The number of rotatable bonds is 12. The van der Waals surface area contributed by atoms with Gasteiger partial charge in [0, 0.05) is 25.9 Å². The van der Waals surface area contributed by atoms with Crippen LogP contribution < -0.4 is 15.8 Å². The van der Waals surface area contributed by atoms with Gasteiger partial charge < -0.3 is 44.9 Å². The van der Waals surface area contributed by atoms with Gasteiger partial charge in [0.05, 0.1) is 39.6 Å². The largest absolute Gasteiger partial charge is 0.534 e. The normalized spacial score (nSPS) is 20.4. The molecule has 1 aliphatic heterocycles. The lowest BCUT2D eigenvalue weighted by Crippen LogP contribution is -2.33. The highest BCUT2D eigenvalue weighted by Gasteiger charge is 2.34. The van der Waals surface area contributed by atoms with E-state index in [-0.39, 0.29) is 44.4 Å². The number of hydrogen-bond donors (Lipinski definition) is 6. The molecular formula is C31H54N4O12S. The number of aliphatic hydroxyl groups is 2. The number of hydroxylamine groups is 2. The number of hydrogen-bond acceptors (Lipinski definition) is 14. The van der Waals surface area contributed by atoms with Crippen molar-refractivity contribution in [2.75, 3.05) is 52.7 Å². The highest BCUT2D eigenvalue weighted by molar-refractivity contribution is 7.78. The lowest BCUT2D eigenvalue weighted by molar-refractivity contribution is -0.178. The lowest BCUT2D eigenvalue weighted by Gasteiger charge is -2.19. The summed E-state index contributed by atoms with van der Waals surface area (Å²) in [5, 5.41) is 19.8. The van der Waals surface area contributed by atoms with Crippen molar-refractivity contribution >= 4 is 43.3 Å². The molecule has 0 spiro atoms. The van der Waals surface area contributed by atoms with E-state index in [1.165, 1.54) is 0 Å². The molecule has 48 heavy (non-hydrogen) atoms. The van der Waals surface area contributed by atoms with E-state index in [0.29, 0.717) is 44.6 Å². The average Bonchev–Trinajstić information content (AvgIpc) is 3.36. The fraction of sp³-hybridized carbons (Fsp3) is 0.710. The number of aliphatic hydroxyl groups excluding tert-OH is 2. The van der Waals surface area contributed by atoms with Gasteiger partial charge in [-0.05, 0) is 64.2 Å². The predicted octanol–water partition coefficient (Wildman–Crippen LogP) is 2.23. The van der Waals surface area contributed by atoms with E-state index in [4.69, 9.17) is 36.3 Å². The molecule has 17 heteroatoms. The maximum absolute atomic E-state index is 11.5. The van der Waals surface area contributed by atoms with Gasteiger partial charge >= 0.3 is 12.2 Å². The van der Waals surface area contributed by atoms with Crippen LogP contribution in [0.2, 0.25) is 0 Å². The Kier molecular flexibility index (Phi) is 28.8. The molecule has 0 aromatic rings. The second-order valence-electron chi connectivity index (χ2n) is 10.3. The van der Waals surface area contributed by atoms with Crippen molar-refractivity contribution in [2.45, 2.75) is 89.3 Å². The first-order chi connectivity index (χ1) is 23.7. The summed E-state index contributed by atoms with van der Waals surface area (Å²) in [7, 11) is 0. The summed E-state index contributed by atoms with van der Waals surface area (Å²) in [5.74, 6) is -0.995. The molecule has 2 atom stereocenters. The van der Waals surface area contributed by atoms with Crippen LogP contribution in [-0.4, -0.2) is 111 Å². The molecule has 3 aliphatic rings. The number of allylic oxidation sites excluding steroid dienone is 4. The fourth-order valence-corrected chi connectivity index (χ4v) is 4.21. The van der Waals surface area contributed by atoms with Gasteiger partial charge in [-0.15, -0.1) is 0 Å². The Morgan fingerprint density at radius 1 is 0.875 bits per heavy atom. The number of nitrogens with one attached hydrogen (secondary N) is 2. The van der Waals surface area contributed by atoms with Gasteiger partial charge in [-0.25, -0.2) is 9.59 Å². The Hall–Kier alpha value is -3.22. The average molecular weight is 709 g/mol. The van der Waals surface area contributed by atoms with E-state index in [0.717, 1.165) is 64.2 Å². The second-order valence-corrected chi connectivity index (χ2v) is 10.5. The van der Waals surface area contributed by atoms with Gasteiger partial charge in [0.25, 0.3) is 11.8 Å². The van der Waals surface area contributed by atoms with E-state index in [2.05, 4.69) is 47.3 Å². The van der Waals surface area contributed by atoms with E-state index >= 15 is 0 Å². The van der Waals surface area contributed by atoms with Crippen LogP contribution in [0, 0.1) is 0 Å². The minimum absolute atomic E-state index is 0.0000380. The summed E-state index contributed by atoms with van der Waals surface area (Å²) >= 11 is 3.23. The number of amides is 4. The number of nitrogens with zero attached hydrogens (tertiary/aromatic N) is 1. The molecule has 4 amide bonds. The summed E-state index contributed by atoms with van der Waals surface area (Å²) < 4.78 is 28.0. The summed E-state index contributed by atoms with van der Waals surface area (Å²) in [6.45, 7) is 2.65.